The van der Waals surface area contributed by atoms with Crippen molar-refractivity contribution in [3.8, 4) is 0 Å². The smallest absolute Gasteiger partial charge is 0.352 e. The van der Waals surface area contributed by atoms with Crippen LogP contribution in [0, 0.1) is 0 Å². The molecule has 0 aliphatic carbocycles. The van der Waals surface area contributed by atoms with E-state index in [9.17, 15) is 31.2 Å². The van der Waals surface area contributed by atoms with Crippen LogP contribution in [0.1, 0.15) is 38.3 Å². The van der Waals surface area contributed by atoms with E-state index in [1.165, 1.54) is 17.9 Å². The van der Waals surface area contributed by atoms with E-state index in [2.05, 4.69) is 21.2 Å². The highest BCUT2D eigenvalue weighted by Crippen LogP contribution is 2.32. The molecule has 2 atom stereocenters. The van der Waals surface area contributed by atoms with Gasteiger partial charge in [0.25, 0.3) is 0 Å². The molecule has 36 heavy (non-hydrogen) atoms. The van der Waals surface area contributed by atoms with Crippen LogP contribution < -0.4 is 9.62 Å². The van der Waals surface area contributed by atoms with Crippen LogP contribution in [0.25, 0.3) is 0 Å². The van der Waals surface area contributed by atoms with Gasteiger partial charge in [0, 0.05) is 17.1 Å². The van der Waals surface area contributed by atoms with Crippen molar-refractivity contribution >= 4 is 43.5 Å². The molecule has 2 aromatic rings. The summed E-state index contributed by atoms with van der Waals surface area (Å²) in [5.74, 6) is -1.18. The summed E-state index contributed by atoms with van der Waals surface area (Å²) in [4.78, 5) is 27.5. The van der Waals surface area contributed by atoms with Crippen LogP contribution in [0.4, 0.5) is 18.9 Å². The highest BCUT2D eigenvalue weighted by Gasteiger charge is 2.33. The molecule has 0 aromatic heterocycles. The quantitative estimate of drug-likeness (QED) is 0.438. The lowest BCUT2D eigenvalue weighted by Crippen LogP contribution is -2.52. The summed E-state index contributed by atoms with van der Waals surface area (Å²) in [5, 5.41) is 2.80. The van der Waals surface area contributed by atoms with Gasteiger partial charge >= 0.3 is 6.18 Å². The Labute approximate surface area is 217 Å². The van der Waals surface area contributed by atoms with Gasteiger partial charge in [0.15, 0.2) is 0 Å². The fraction of sp³-hybridized carbons (Fsp3) is 0.417. The molecule has 0 spiro atoms. The van der Waals surface area contributed by atoms with Crippen LogP contribution in [-0.4, -0.2) is 50.0 Å². The van der Waals surface area contributed by atoms with Gasteiger partial charge in [-0.15, -0.1) is 0 Å². The first-order valence-corrected chi connectivity index (χ1v) is 13.8. The Balaban J connectivity index is 2.44. The van der Waals surface area contributed by atoms with Crippen molar-refractivity contribution in [2.75, 3.05) is 17.1 Å². The Hall–Kier alpha value is -2.60. The number of nitrogens with zero attached hydrogens (tertiary/aromatic N) is 2. The highest BCUT2D eigenvalue weighted by molar-refractivity contribution is 9.10. The number of alkyl halides is 3. The zero-order valence-electron chi connectivity index (χ0n) is 20.3. The van der Waals surface area contributed by atoms with Crippen LogP contribution in [0.5, 0.6) is 0 Å². The third-order valence-electron chi connectivity index (χ3n) is 5.55. The largest absolute Gasteiger partial charge is 0.416 e. The lowest BCUT2D eigenvalue weighted by Gasteiger charge is -2.32. The van der Waals surface area contributed by atoms with E-state index >= 15 is 0 Å². The van der Waals surface area contributed by atoms with Crippen LogP contribution in [0.3, 0.4) is 0 Å². The number of carbonyl (C=O) groups is 2. The Kier molecular flexibility index (Phi) is 9.95. The Bertz CT molecular complexity index is 1190. The molecule has 0 saturated heterocycles. The van der Waals surface area contributed by atoms with Crippen LogP contribution in [-0.2, 0) is 32.3 Å². The second-order valence-electron chi connectivity index (χ2n) is 8.46. The van der Waals surface area contributed by atoms with Gasteiger partial charge in [0.1, 0.15) is 12.6 Å². The number of benzene rings is 2. The molecule has 0 aliphatic rings. The normalized spacial score (nSPS) is 13.6. The lowest BCUT2D eigenvalue weighted by atomic mass is 10.1. The number of sulfonamides is 1. The SMILES string of the molecule is CCC(C)NC(=O)C(C)N(Cc1cccc(Br)c1)C(=O)CN(c1cccc(C(F)(F)F)c1)S(C)(=O)=O. The summed E-state index contributed by atoms with van der Waals surface area (Å²) in [7, 11) is -4.15. The minimum absolute atomic E-state index is 0.0203. The molecule has 0 fully saturated rings. The van der Waals surface area contributed by atoms with Crippen molar-refractivity contribution in [1.29, 1.82) is 0 Å². The monoisotopic (exact) mass is 591 g/mol. The Morgan fingerprint density at radius 1 is 1.08 bits per heavy atom. The molecule has 2 amide bonds. The van der Waals surface area contributed by atoms with Crippen molar-refractivity contribution in [2.24, 2.45) is 0 Å². The summed E-state index contributed by atoms with van der Waals surface area (Å²) in [6.45, 7) is 4.41. The highest BCUT2D eigenvalue weighted by atomic mass is 79.9. The molecule has 198 valence electrons. The molecule has 0 heterocycles. The van der Waals surface area contributed by atoms with Crippen molar-refractivity contribution in [3.05, 3.63) is 64.1 Å². The molecule has 0 saturated carbocycles. The summed E-state index contributed by atoms with van der Waals surface area (Å²) >= 11 is 3.35. The molecule has 12 heteroatoms. The average Bonchev–Trinajstić information content (AvgIpc) is 2.79. The maximum Gasteiger partial charge on any atom is 0.416 e. The zero-order chi connectivity index (χ0) is 27.3. The minimum atomic E-state index is -4.70. The molecular weight excluding hydrogens is 563 g/mol. The Morgan fingerprint density at radius 3 is 2.28 bits per heavy atom. The van der Waals surface area contributed by atoms with E-state index in [1.807, 2.05) is 13.8 Å². The molecule has 2 rings (SSSR count). The van der Waals surface area contributed by atoms with Crippen LogP contribution in [0.15, 0.2) is 53.0 Å². The third-order valence-corrected chi connectivity index (χ3v) is 7.18. The molecule has 2 unspecified atom stereocenters. The maximum atomic E-state index is 13.5. The van der Waals surface area contributed by atoms with Crippen molar-refractivity contribution in [1.82, 2.24) is 10.2 Å². The first kappa shape index (κ1) is 29.6. The summed E-state index contributed by atoms with van der Waals surface area (Å²) in [6.07, 6.45) is -3.23. The van der Waals surface area contributed by atoms with Crippen molar-refractivity contribution < 1.29 is 31.2 Å². The fourth-order valence-electron chi connectivity index (χ4n) is 3.33. The number of hydrogen-bond acceptors (Lipinski definition) is 4. The third kappa shape index (κ3) is 8.22. The molecule has 0 radical (unpaired) electrons. The van der Waals surface area contributed by atoms with E-state index in [1.54, 1.807) is 24.3 Å². The number of rotatable bonds is 10. The predicted molar refractivity (Wildman–Crippen MR) is 136 cm³/mol. The van der Waals surface area contributed by atoms with Gasteiger partial charge in [-0.05, 0) is 56.2 Å². The van der Waals surface area contributed by atoms with Gasteiger partial charge in [-0.25, -0.2) is 8.42 Å². The second kappa shape index (κ2) is 12.1. The van der Waals surface area contributed by atoms with Crippen LogP contribution >= 0.6 is 15.9 Å². The number of carbonyl (C=O) groups excluding carboxylic acids is 2. The number of nitrogens with one attached hydrogen (secondary N) is 1. The van der Waals surface area contributed by atoms with Gasteiger partial charge in [-0.1, -0.05) is 41.1 Å². The predicted octanol–water partition coefficient (Wildman–Crippen LogP) is 4.57. The standard InChI is InChI=1S/C24H29BrF3N3O4S/c1-5-16(2)29-23(33)17(3)30(14-18-8-6-10-20(25)12-18)22(32)15-31(36(4,34)35)21-11-7-9-19(13-21)24(26,27)28/h6-13,16-17H,5,14-15H2,1-4H3,(H,29,33). The fourth-order valence-corrected chi connectivity index (χ4v) is 4.62. The summed E-state index contributed by atoms with van der Waals surface area (Å²) in [5.41, 5.74) is -0.681. The first-order chi connectivity index (χ1) is 16.6. The summed E-state index contributed by atoms with van der Waals surface area (Å²) in [6, 6.07) is 9.63. The van der Waals surface area contributed by atoms with E-state index in [0.29, 0.717) is 22.4 Å². The van der Waals surface area contributed by atoms with Gasteiger partial charge in [0.05, 0.1) is 17.5 Å². The van der Waals surface area contributed by atoms with Crippen molar-refractivity contribution in [3.63, 3.8) is 0 Å². The van der Waals surface area contributed by atoms with E-state index in [-0.39, 0.29) is 18.3 Å². The average molecular weight is 592 g/mol. The van der Waals surface area contributed by atoms with Gasteiger partial charge < -0.3 is 10.2 Å². The summed E-state index contributed by atoms with van der Waals surface area (Å²) < 4.78 is 66.1. The van der Waals surface area contributed by atoms with Crippen LogP contribution in [0.2, 0.25) is 0 Å². The number of amides is 2. The number of hydrogen-bond donors (Lipinski definition) is 1. The van der Waals surface area contributed by atoms with Gasteiger partial charge in [-0.2, -0.15) is 13.2 Å². The van der Waals surface area contributed by atoms with Gasteiger partial charge in [-0.3, -0.25) is 13.9 Å². The molecule has 7 nitrogen and oxygen atoms in total. The lowest BCUT2D eigenvalue weighted by molar-refractivity contribution is -0.139. The van der Waals surface area contributed by atoms with E-state index < -0.39 is 46.2 Å². The molecule has 0 aliphatic heterocycles. The topological polar surface area (TPSA) is 86.8 Å². The van der Waals surface area contributed by atoms with E-state index in [4.69, 9.17) is 0 Å². The maximum absolute atomic E-state index is 13.5. The molecule has 1 N–H and O–H groups in total. The second-order valence-corrected chi connectivity index (χ2v) is 11.3. The van der Waals surface area contributed by atoms with Crippen molar-refractivity contribution in [2.45, 2.75) is 52.0 Å². The van der Waals surface area contributed by atoms with Gasteiger partial charge in [0.2, 0.25) is 21.8 Å². The molecule has 2 aromatic carbocycles. The molecular formula is C24H29BrF3N3O4S. The number of anilines is 1. The Morgan fingerprint density at radius 2 is 1.72 bits per heavy atom. The van der Waals surface area contributed by atoms with E-state index in [0.717, 1.165) is 22.9 Å². The zero-order valence-corrected chi connectivity index (χ0v) is 22.7. The minimum Gasteiger partial charge on any atom is -0.352 e. The first-order valence-electron chi connectivity index (χ1n) is 11.1. The molecule has 0 bridgehead atoms. The number of halogens is 4.